The SMILES string of the molecule is O=C(NCCc1c[nH]c2ccc(Cl)cc12)C1=NN([C@H]2CCS(=O)(=O)C2)C(=O)CC1. The molecular formula is C19H21ClN4O4S. The maximum atomic E-state index is 12.5. The van der Waals surface area contributed by atoms with Crippen LogP contribution in [0.5, 0.6) is 0 Å². The van der Waals surface area contributed by atoms with E-state index in [1.54, 1.807) is 0 Å². The first-order chi connectivity index (χ1) is 13.8. The minimum atomic E-state index is -3.14. The molecule has 1 saturated heterocycles. The molecule has 1 atom stereocenters. The number of hydrogen-bond acceptors (Lipinski definition) is 5. The van der Waals surface area contributed by atoms with Gasteiger partial charge in [-0.15, -0.1) is 0 Å². The topological polar surface area (TPSA) is 112 Å². The highest BCUT2D eigenvalue weighted by atomic mass is 35.5. The van der Waals surface area contributed by atoms with Gasteiger partial charge in [-0.25, -0.2) is 13.4 Å². The zero-order valence-electron chi connectivity index (χ0n) is 15.7. The van der Waals surface area contributed by atoms with Crippen LogP contribution in [0.3, 0.4) is 0 Å². The van der Waals surface area contributed by atoms with Crippen molar-refractivity contribution in [3.8, 4) is 0 Å². The van der Waals surface area contributed by atoms with Crippen LogP contribution in [-0.2, 0) is 25.8 Å². The summed E-state index contributed by atoms with van der Waals surface area (Å²) in [4.78, 5) is 27.8. The summed E-state index contributed by atoms with van der Waals surface area (Å²) in [5.74, 6) is -0.617. The highest BCUT2D eigenvalue weighted by Crippen LogP contribution is 2.23. The normalized spacial score (nSPS) is 21.4. The van der Waals surface area contributed by atoms with Crippen LogP contribution in [0.25, 0.3) is 10.9 Å². The Labute approximate surface area is 173 Å². The van der Waals surface area contributed by atoms with Crippen LogP contribution in [-0.4, -0.2) is 60.0 Å². The van der Waals surface area contributed by atoms with Crippen molar-refractivity contribution in [3.05, 3.63) is 35.0 Å². The highest BCUT2D eigenvalue weighted by Gasteiger charge is 2.37. The molecule has 0 spiro atoms. The van der Waals surface area contributed by atoms with E-state index in [4.69, 9.17) is 11.6 Å². The van der Waals surface area contributed by atoms with Gasteiger partial charge < -0.3 is 10.3 Å². The highest BCUT2D eigenvalue weighted by molar-refractivity contribution is 7.91. The molecule has 1 aromatic carbocycles. The van der Waals surface area contributed by atoms with E-state index in [0.717, 1.165) is 16.5 Å². The summed E-state index contributed by atoms with van der Waals surface area (Å²) in [5, 5.41) is 9.89. The molecule has 2 aliphatic rings. The van der Waals surface area contributed by atoms with Crippen LogP contribution in [0.15, 0.2) is 29.5 Å². The zero-order valence-corrected chi connectivity index (χ0v) is 17.2. The van der Waals surface area contributed by atoms with Gasteiger partial charge in [-0.1, -0.05) is 11.6 Å². The van der Waals surface area contributed by atoms with Crippen molar-refractivity contribution in [1.29, 1.82) is 0 Å². The van der Waals surface area contributed by atoms with Crippen LogP contribution in [0.2, 0.25) is 5.02 Å². The average Bonchev–Trinajstić information content (AvgIpc) is 3.24. The van der Waals surface area contributed by atoms with E-state index >= 15 is 0 Å². The predicted octanol–water partition coefficient (Wildman–Crippen LogP) is 1.65. The summed E-state index contributed by atoms with van der Waals surface area (Å²) in [7, 11) is -3.14. The second kappa shape index (κ2) is 7.79. The van der Waals surface area contributed by atoms with Gasteiger partial charge in [0.1, 0.15) is 5.71 Å². The maximum Gasteiger partial charge on any atom is 0.267 e. The molecule has 0 aliphatic carbocycles. The summed E-state index contributed by atoms with van der Waals surface area (Å²) >= 11 is 6.06. The Bertz CT molecular complexity index is 1110. The van der Waals surface area contributed by atoms with E-state index in [-0.39, 0.29) is 41.9 Å². The molecule has 1 aromatic heterocycles. The number of rotatable bonds is 5. The number of aromatic amines is 1. The van der Waals surface area contributed by atoms with Gasteiger partial charge in [0, 0.05) is 41.5 Å². The number of H-pyrrole nitrogens is 1. The van der Waals surface area contributed by atoms with Gasteiger partial charge in [-0.05, 0) is 36.6 Å². The number of hydrogen-bond donors (Lipinski definition) is 2. The lowest BCUT2D eigenvalue weighted by atomic mass is 10.1. The van der Waals surface area contributed by atoms with Crippen molar-refractivity contribution in [3.63, 3.8) is 0 Å². The molecule has 0 unspecified atom stereocenters. The minimum absolute atomic E-state index is 0.0487. The van der Waals surface area contributed by atoms with E-state index in [1.807, 2.05) is 24.4 Å². The molecule has 2 aliphatic heterocycles. The number of nitrogens with zero attached hydrogens (tertiary/aromatic N) is 2. The zero-order chi connectivity index (χ0) is 20.6. The Kier molecular flexibility index (Phi) is 5.35. The Morgan fingerprint density at radius 2 is 2.17 bits per heavy atom. The average molecular weight is 437 g/mol. The summed E-state index contributed by atoms with van der Waals surface area (Å²) in [6, 6.07) is 5.13. The van der Waals surface area contributed by atoms with Crippen molar-refractivity contribution in [2.75, 3.05) is 18.1 Å². The van der Waals surface area contributed by atoms with Crippen molar-refractivity contribution in [2.24, 2.45) is 5.10 Å². The van der Waals surface area contributed by atoms with Gasteiger partial charge >= 0.3 is 0 Å². The smallest absolute Gasteiger partial charge is 0.267 e. The van der Waals surface area contributed by atoms with Gasteiger partial charge in [0.05, 0.1) is 17.5 Å². The predicted molar refractivity (Wildman–Crippen MR) is 111 cm³/mol. The molecular weight excluding hydrogens is 416 g/mol. The third kappa shape index (κ3) is 4.30. The number of sulfone groups is 1. The monoisotopic (exact) mass is 436 g/mol. The van der Waals surface area contributed by atoms with Crippen molar-refractivity contribution in [1.82, 2.24) is 15.3 Å². The van der Waals surface area contributed by atoms with E-state index < -0.39 is 15.9 Å². The summed E-state index contributed by atoms with van der Waals surface area (Å²) in [5.41, 5.74) is 2.28. The maximum absolute atomic E-state index is 12.5. The third-order valence-corrected chi connectivity index (χ3v) is 7.27. The van der Waals surface area contributed by atoms with E-state index in [1.165, 1.54) is 5.01 Å². The largest absolute Gasteiger partial charge is 0.361 e. The van der Waals surface area contributed by atoms with Gasteiger partial charge in [0.25, 0.3) is 5.91 Å². The summed E-state index contributed by atoms with van der Waals surface area (Å²) in [6.07, 6.45) is 3.28. The quantitative estimate of drug-likeness (QED) is 0.742. The number of halogens is 1. The second-order valence-corrected chi connectivity index (χ2v) is 10.0. The Balaban J connectivity index is 1.39. The van der Waals surface area contributed by atoms with Gasteiger partial charge in [-0.2, -0.15) is 5.10 Å². The van der Waals surface area contributed by atoms with Crippen LogP contribution in [0.1, 0.15) is 24.8 Å². The number of aromatic nitrogens is 1. The van der Waals surface area contributed by atoms with Gasteiger partial charge in [0.2, 0.25) is 5.91 Å². The number of benzene rings is 1. The number of nitrogens with one attached hydrogen (secondary N) is 2. The lowest BCUT2D eigenvalue weighted by Gasteiger charge is -2.27. The molecule has 29 heavy (non-hydrogen) atoms. The molecule has 1 fully saturated rings. The molecule has 0 saturated carbocycles. The first-order valence-electron chi connectivity index (χ1n) is 9.46. The minimum Gasteiger partial charge on any atom is -0.361 e. The first kappa shape index (κ1) is 19.9. The van der Waals surface area contributed by atoms with Crippen LogP contribution >= 0.6 is 11.6 Å². The summed E-state index contributed by atoms with van der Waals surface area (Å²) in [6.45, 7) is 0.406. The molecule has 4 rings (SSSR count). The van der Waals surface area contributed by atoms with E-state index in [2.05, 4.69) is 15.4 Å². The first-order valence-corrected chi connectivity index (χ1v) is 11.7. The van der Waals surface area contributed by atoms with Crippen LogP contribution < -0.4 is 5.32 Å². The number of hydrazone groups is 1. The Morgan fingerprint density at radius 1 is 1.34 bits per heavy atom. The number of fused-ring (bicyclic) bond motifs is 1. The Morgan fingerprint density at radius 3 is 2.93 bits per heavy atom. The molecule has 2 N–H and O–H groups in total. The van der Waals surface area contributed by atoms with E-state index in [0.29, 0.717) is 24.4 Å². The van der Waals surface area contributed by atoms with Gasteiger partial charge in [-0.3, -0.25) is 9.59 Å². The molecule has 0 bridgehead atoms. The fourth-order valence-corrected chi connectivity index (χ4v) is 5.62. The molecule has 10 heteroatoms. The molecule has 2 aromatic rings. The lowest BCUT2D eigenvalue weighted by molar-refractivity contribution is -0.133. The van der Waals surface area contributed by atoms with Crippen molar-refractivity contribution in [2.45, 2.75) is 31.7 Å². The molecule has 0 radical (unpaired) electrons. The number of carbonyl (C=O) groups excluding carboxylic acids is 2. The number of amides is 2. The second-order valence-electron chi connectivity index (χ2n) is 7.35. The molecule has 2 amide bonds. The fraction of sp³-hybridized carbons (Fsp3) is 0.421. The number of carbonyl (C=O) groups is 2. The Hall–Kier alpha value is -2.39. The fourth-order valence-electron chi connectivity index (χ4n) is 3.76. The molecule has 8 nitrogen and oxygen atoms in total. The molecule has 154 valence electrons. The van der Waals surface area contributed by atoms with E-state index in [9.17, 15) is 18.0 Å². The van der Waals surface area contributed by atoms with Crippen molar-refractivity contribution < 1.29 is 18.0 Å². The van der Waals surface area contributed by atoms with Crippen LogP contribution in [0.4, 0.5) is 0 Å². The molecule has 3 heterocycles. The third-order valence-electron chi connectivity index (χ3n) is 5.29. The van der Waals surface area contributed by atoms with Crippen molar-refractivity contribution >= 4 is 49.9 Å². The summed E-state index contributed by atoms with van der Waals surface area (Å²) < 4.78 is 23.4. The standard InChI is InChI=1S/C19H21ClN4O4S/c20-13-1-2-16-15(9-13)12(10-22-16)5-7-21-19(26)17-3-4-18(25)24(23-17)14-6-8-29(27,28)11-14/h1-2,9-10,14,22H,3-8,11H2,(H,21,26)/t14-/m0/s1. The van der Waals surface area contributed by atoms with Crippen LogP contribution in [0, 0.1) is 0 Å². The van der Waals surface area contributed by atoms with Gasteiger partial charge in [0.15, 0.2) is 9.84 Å². The lowest BCUT2D eigenvalue weighted by Crippen LogP contribution is -2.44.